The minimum absolute atomic E-state index is 0.177. The summed E-state index contributed by atoms with van der Waals surface area (Å²) in [4.78, 5) is 26.2. The second-order valence-electron chi connectivity index (χ2n) is 7.71. The minimum atomic E-state index is -0.434. The fraction of sp³-hybridized carbons (Fsp3) is 0.500. The van der Waals surface area contributed by atoms with Crippen molar-refractivity contribution in [3.63, 3.8) is 0 Å². The zero-order valence-electron chi connectivity index (χ0n) is 15.9. The van der Waals surface area contributed by atoms with Crippen molar-refractivity contribution in [2.24, 2.45) is 7.05 Å². The lowest BCUT2D eigenvalue weighted by Gasteiger charge is -2.42. The number of anilines is 1. The number of thiophene rings is 1. The number of hydrogen-bond acceptors (Lipinski definition) is 6. The molecule has 140 valence electrons. The number of fused-ring (bicyclic) bond motifs is 1. The molecule has 0 atom stereocenters. The largest absolute Gasteiger partial charge is 0.465 e. The number of ether oxygens (including phenoxy) is 1. The minimum Gasteiger partial charge on any atom is -0.465 e. The van der Waals surface area contributed by atoms with Gasteiger partial charge in [0.25, 0.3) is 5.91 Å². The molecule has 0 unspecified atom stereocenters. The van der Waals surface area contributed by atoms with E-state index < -0.39 is 5.97 Å². The van der Waals surface area contributed by atoms with Crippen molar-refractivity contribution < 1.29 is 14.3 Å². The zero-order valence-corrected chi connectivity index (χ0v) is 16.7. The monoisotopic (exact) mass is 376 g/mol. The molecule has 7 nitrogen and oxygen atoms in total. The van der Waals surface area contributed by atoms with E-state index in [0.717, 1.165) is 10.4 Å². The van der Waals surface area contributed by atoms with Crippen LogP contribution in [0.25, 0.3) is 0 Å². The molecule has 2 aromatic rings. The van der Waals surface area contributed by atoms with Crippen molar-refractivity contribution in [3.05, 3.63) is 34.0 Å². The van der Waals surface area contributed by atoms with Crippen LogP contribution in [0.4, 0.5) is 5.00 Å². The number of aromatic nitrogens is 2. The standard InChI is InChI=1S/C18H24N4O3S/c1-17(2)9-10-12(16(24)25-6)15(26-13(10)18(3,4)21-17)20-14(23)11-7-8-19-22(11)5/h7-8,21H,9H2,1-6H3,(H,20,23). The SMILES string of the molecule is COC(=O)c1c(NC(=O)c2ccnn2C)sc2c1CC(C)(C)NC2(C)C. The molecule has 2 N–H and O–H groups in total. The first-order chi connectivity index (χ1) is 12.1. The van der Waals surface area contributed by atoms with Crippen LogP contribution in [0.3, 0.4) is 0 Å². The van der Waals surface area contributed by atoms with Crippen LogP contribution in [-0.2, 0) is 23.7 Å². The fourth-order valence-electron chi connectivity index (χ4n) is 3.70. The first-order valence-electron chi connectivity index (χ1n) is 8.39. The van der Waals surface area contributed by atoms with Gasteiger partial charge in [-0.15, -0.1) is 11.3 Å². The third-order valence-electron chi connectivity index (χ3n) is 4.51. The van der Waals surface area contributed by atoms with Crippen molar-refractivity contribution in [3.8, 4) is 0 Å². The van der Waals surface area contributed by atoms with Gasteiger partial charge in [-0.25, -0.2) is 4.79 Å². The Morgan fingerprint density at radius 2 is 2.04 bits per heavy atom. The summed E-state index contributed by atoms with van der Waals surface area (Å²) in [6.07, 6.45) is 2.24. The van der Waals surface area contributed by atoms with Gasteiger partial charge in [0.1, 0.15) is 10.7 Å². The van der Waals surface area contributed by atoms with Crippen LogP contribution in [0.1, 0.15) is 59.0 Å². The third-order valence-corrected chi connectivity index (χ3v) is 5.99. The molecular formula is C18H24N4O3S. The molecule has 3 rings (SSSR count). The van der Waals surface area contributed by atoms with Gasteiger partial charge < -0.3 is 15.4 Å². The fourth-order valence-corrected chi connectivity index (χ4v) is 4.96. The Balaban J connectivity index is 2.09. The summed E-state index contributed by atoms with van der Waals surface area (Å²) in [5, 5.41) is 11.0. The summed E-state index contributed by atoms with van der Waals surface area (Å²) in [5.74, 6) is -0.741. The van der Waals surface area contributed by atoms with Gasteiger partial charge in [-0.05, 0) is 45.7 Å². The van der Waals surface area contributed by atoms with Crippen LogP contribution in [0.5, 0.6) is 0 Å². The highest BCUT2D eigenvalue weighted by Crippen LogP contribution is 2.45. The van der Waals surface area contributed by atoms with E-state index in [0.29, 0.717) is 22.7 Å². The van der Waals surface area contributed by atoms with Crippen LogP contribution in [0.15, 0.2) is 12.3 Å². The molecule has 0 spiro atoms. The number of carbonyl (C=O) groups excluding carboxylic acids is 2. The Morgan fingerprint density at radius 1 is 1.35 bits per heavy atom. The Bertz CT molecular complexity index is 879. The second-order valence-corrected chi connectivity index (χ2v) is 8.73. The lowest BCUT2D eigenvalue weighted by molar-refractivity contribution is 0.0600. The van der Waals surface area contributed by atoms with Crippen LogP contribution in [-0.4, -0.2) is 34.3 Å². The zero-order chi connectivity index (χ0) is 19.3. The van der Waals surface area contributed by atoms with Crippen molar-refractivity contribution in [1.82, 2.24) is 15.1 Å². The number of carbonyl (C=O) groups is 2. The number of hydrogen-bond donors (Lipinski definition) is 2. The summed E-state index contributed by atoms with van der Waals surface area (Å²) in [5.41, 5.74) is 1.32. The molecule has 1 amide bonds. The quantitative estimate of drug-likeness (QED) is 0.805. The third kappa shape index (κ3) is 3.14. The van der Waals surface area contributed by atoms with E-state index in [2.05, 4.69) is 43.4 Å². The van der Waals surface area contributed by atoms with Crippen molar-refractivity contribution in [2.45, 2.75) is 45.2 Å². The summed E-state index contributed by atoms with van der Waals surface area (Å²) in [6.45, 7) is 8.36. The highest BCUT2D eigenvalue weighted by atomic mass is 32.1. The van der Waals surface area contributed by atoms with Gasteiger partial charge in [-0.2, -0.15) is 5.10 Å². The van der Waals surface area contributed by atoms with Gasteiger partial charge in [0, 0.05) is 29.2 Å². The summed E-state index contributed by atoms with van der Waals surface area (Å²) in [6, 6.07) is 1.63. The molecule has 0 bridgehead atoms. The lowest BCUT2D eigenvalue weighted by Crippen LogP contribution is -2.55. The summed E-state index contributed by atoms with van der Waals surface area (Å²) >= 11 is 1.42. The molecular weight excluding hydrogens is 352 g/mol. The highest BCUT2D eigenvalue weighted by Gasteiger charge is 2.42. The summed E-state index contributed by atoms with van der Waals surface area (Å²) in [7, 11) is 3.06. The van der Waals surface area contributed by atoms with Gasteiger partial charge in [0.05, 0.1) is 12.7 Å². The number of methoxy groups -OCH3 is 1. The lowest BCUT2D eigenvalue weighted by atomic mass is 9.81. The number of esters is 1. The highest BCUT2D eigenvalue weighted by molar-refractivity contribution is 7.17. The molecule has 8 heteroatoms. The summed E-state index contributed by atoms with van der Waals surface area (Å²) < 4.78 is 6.51. The molecule has 0 fully saturated rings. The van der Waals surface area contributed by atoms with Gasteiger partial charge in [0.15, 0.2) is 0 Å². The van der Waals surface area contributed by atoms with Crippen LogP contribution >= 0.6 is 11.3 Å². The predicted octanol–water partition coefficient (Wildman–Crippen LogP) is 2.68. The number of nitrogens with one attached hydrogen (secondary N) is 2. The van der Waals surface area contributed by atoms with E-state index in [9.17, 15) is 9.59 Å². The Labute approximate surface area is 156 Å². The maximum atomic E-state index is 12.6. The van der Waals surface area contributed by atoms with Crippen molar-refractivity contribution in [1.29, 1.82) is 0 Å². The Morgan fingerprint density at radius 3 is 2.62 bits per heavy atom. The van der Waals surface area contributed by atoms with E-state index in [1.165, 1.54) is 23.1 Å². The van der Waals surface area contributed by atoms with Crippen molar-refractivity contribution in [2.75, 3.05) is 12.4 Å². The van der Waals surface area contributed by atoms with E-state index in [1.54, 1.807) is 19.3 Å². The molecule has 0 saturated heterocycles. The van der Waals surface area contributed by atoms with Gasteiger partial charge in [-0.1, -0.05) is 0 Å². The maximum absolute atomic E-state index is 12.6. The number of rotatable bonds is 3. The van der Waals surface area contributed by atoms with Crippen LogP contribution in [0.2, 0.25) is 0 Å². The van der Waals surface area contributed by atoms with Crippen LogP contribution in [0, 0.1) is 0 Å². The molecule has 0 aromatic carbocycles. The number of amides is 1. The average Bonchev–Trinajstić information content (AvgIpc) is 3.09. The normalized spacial score (nSPS) is 17.5. The molecule has 2 aromatic heterocycles. The van der Waals surface area contributed by atoms with Gasteiger partial charge in [-0.3, -0.25) is 9.48 Å². The predicted molar refractivity (Wildman–Crippen MR) is 101 cm³/mol. The molecule has 3 heterocycles. The molecule has 0 saturated carbocycles. The average molecular weight is 376 g/mol. The molecule has 1 aliphatic rings. The molecule has 26 heavy (non-hydrogen) atoms. The second kappa shape index (κ2) is 6.21. The van der Waals surface area contributed by atoms with Gasteiger partial charge >= 0.3 is 5.97 Å². The molecule has 1 aliphatic heterocycles. The van der Waals surface area contributed by atoms with Gasteiger partial charge in [0.2, 0.25) is 0 Å². The van der Waals surface area contributed by atoms with E-state index in [1.807, 2.05) is 0 Å². The molecule has 0 aliphatic carbocycles. The van der Waals surface area contributed by atoms with E-state index in [4.69, 9.17) is 4.74 Å². The maximum Gasteiger partial charge on any atom is 0.341 e. The number of nitrogens with zero attached hydrogens (tertiary/aromatic N) is 2. The first kappa shape index (κ1) is 18.6. The van der Waals surface area contributed by atoms with Crippen LogP contribution < -0.4 is 10.6 Å². The van der Waals surface area contributed by atoms with E-state index >= 15 is 0 Å². The van der Waals surface area contributed by atoms with Crippen molar-refractivity contribution >= 4 is 28.2 Å². The smallest absolute Gasteiger partial charge is 0.341 e. The number of aryl methyl sites for hydroxylation is 1. The Hall–Kier alpha value is -2.19. The van der Waals surface area contributed by atoms with E-state index in [-0.39, 0.29) is 17.0 Å². The molecule has 0 radical (unpaired) electrons. The first-order valence-corrected chi connectivity index (χ1v) is 9.20. The topological polar surface area (TPSA) is 85.2 Å². The Kier molecular flexibility index (Phi) is 4.44.